The van der Waals surface area contributed by atoms with Gasteiger partial charge < -0.3 is 5.32 Å². The molecule has 0 saturated carbocycles. The fourth-order valence-electron chi connectivity index (χ4n) is 2.84. The lowest BCUT2D eigenvalue weighted by Gasteiger charge is -2.15. The maximum atomic E-state index is 12.7. The highest BCUT2D eigenvalue weighted by atomic mass is 35.5. The number of aryl methyl sites for hydroxylation is 1. The van der Waals surface area contributed by atoms with Crippen LogP contribution < -0.4 is 10.9 Å². The van der Waals surface area contributed by atoms with E-state index in [4.69, 9.17) is 11.6 Å². The van der Waals surface area contributed by atoms with Crippen LogP contribution in [-0.2, 0) is 11.2 Å². The van der Waals surface area contributed by atoms with Gasteiger partial charge in [0, 0.05) is 34.1 Å². The number of halogens is 1. The Morgan fingerprint density at radius 3 is 2.79 bits per heavy atom. The molecule has 0 saturated heterocycles. The molecule has 3 rings (SSSR count). The minimum Gasteiger partial charge on any atom is -0.326 e. The van der Waals surface area contributed by atoms with Crippen LogP contribution in [0.1, 0.15) is 30.6 Å². The summed E-state index contributed by atoms with van der Waals surface area (Å²) >= 11 is 7.37. The molecule has 1 aromatic heterocycles. The third-order valence-corrected chi connectivity index (χ3v) is 5.41. The summed E-state index contributed by atoms with van der Waals surface area (Å²) in [5.41, 5.74) is 2.19. The Kier molecular flexibility index (Phi) is 4.96. The van der Waals surface area contributed by atoms with Crippen molar-refractivity contribution >= 4 is 35.0 Å². The van der Waals surface area contributed by atoms with Crippen LogP contribution in [0.25, 0.3) is 0 Å². The topological polar surface area (TPSA) is 64.0 Å². The number of thioether (sulfide) groups is 1. The van der Waals surface area contributed by atoms with E-state index < -0.39 is 0 Å². The van der Waals surface area contributed by atoms with Crippen LogP contribution in [0.15, 0.2) is 34.2 Å². The molecule has 2 heterocycles. The standard InChI is InChI=1S/C17H18ClN3O2S/c1-3-14-10(2)19-17-21(16(14)23)13(9-24-17)8-15(22)20-12-6-4-11(18)5-7-12/h4-7,13H,3,8-9H2,1-2H3,(H,20,22). The molecule has 0 fully saturated rings. The number of anilines is 1. The Labute approximate surface area is 149 Å². The maximum absolute atomic E-state index is 12.7. The number of aromatic nitrogens is 2. The Morgan fingerprint density at radius 1 is 1.42 bits per heavy atom. The van der Waals surface area contributed by atoms with Crippen LogP contribution in [0.3, 0.4) is 0 Å². The number of benzene rings is 1. The second-order valence-corrected chi connectivity index (χ2v) is 7.13. The Hall–Kier alpha value is -1.79. The first-order valence-electron chi connectivity index (χ1n) is 7.79. The number of rotatable bonds is 4. The molecule has 1 atom stereocenters. The van der Waals surface area contributed by atoms with Crippen molar-refractivity contribution in [3.05, 3.63) is 50.9 Å². The van der Waals surface area contributed by atoms with Gasteiger partial charge in [0.25, 0.3) is 5.56 Å². The number of hydrogen-bond donors (Lipinski definition) is 1. The van der Waals surface area contributed by atoms with Crippen LogP contribution in [0, 0.1) is 6.92 Å². The van der Waals surface area contributed by atoms with Gasteiger partial charge in [-0.15, -0.1) is 0 Å². The zero-order chi connectivity index (χ0) is 17.3. The van der Waals surface area contributed by atoms with Crippen molar-refractivity contribution in [1.82, 2.24) is 9.55 Å². The van der Waals surface area contributed by atoms with Gasteiger partial charge in [-0.25, -0.2) is 4.98 Å². The molecular weight excluding hydrogens is 346 g/mol. The highest BCUT2D eigenvalue weighted by molar-refractivity contribution is 7.99. The van der Waals surface area contributed by atoms with E-state index in [0.717, 1.165) is 11.3 Å². The first-order chi connectivity index (χ1) is 11.5. The van der Waals surface area contributed by atoms with Gasteiger partial charge in [-0.05, 0) is 37.6 Å². The van der Waals surface area contributed by atoms with E-state index in [2.05, 4.69) is 10.3 Å². The monoisotopic (exact) mass is 363 g/mol. The van der Waals surface area contributed by atoms with Gasteiger partial charge in [-0.1, -0.05) is 30.3 Å². The fraction of sp³-hybridized carbons (Fsp3) is 0.353. The predicted octanol–water partition coefficient (Wildman–Crippen LogP) is 3.44. The minimum absolute atomic E-state index is 0.0192. The summed E-state index contributed by atoms with van der Waals surface area (Å²) in [6, 6.07) is 6.79. The van der Waals surface area contributed by atoms with Gasteiger partial charge >= 0.3 is 0 Å². The van der Waals surface area contributed by atoms with Crippen molar-refractivity contribution < 1.29 is 4.79 Å². The normalized spacial score (nSPS) is 16.0. The number of nitrogens with zero attached hydrogens (tertiary/aromatic N) is 2. The van der Waals surface area contributed by atoms with Crippen LogP contribution in [0.5, 0.6) is 0 Å². The van der Waals surface area contributed by atoms with E-state index in [1.807, 2.05) is 13.8 Å². The first-order valence-corrected chi connectivity index (χ1v) is 9.16. The third kappa shape index (κ3) is 3.35. The van der Waals surface area contributed by atoms with E-state index in [0.29, 0.717) is 28.0 Å². The zero-order valence-corrected chi connectivity index (χ0v) is 15.1. The molecule has 0 spiro atoms. The first kappa shape index (κ1) is 17.0. The van der Waals surface area contributed by atoms with Crippen LogP contribution in [0.4, 0.5) is 5.69 Å². The van der Waals surface area contributed by atoms with Crippen LogP contribution >= 0.6 is 23.4 Å². The third-order valence-electron chi connectivity index (χ3n) is 4.06. The fourth-order valence-corrected chi connectivity index (χ4v) is 4.14. The van der Waals surface area contributed by atoms with E-state index in [1.54, 1.807) is 28.8 Å². The summed E-state index contributed by atoms with van der Waals surface area (Å²) in [6.07, 6.45) is 0.892. The van der Waals surface area contributed by atoms with Crippen LogP contribution in [0.2, 0.25) is 5.02 Å². The molecule has 1 aliphatic heterocycles. The van der Waals surface area contributed by atoms with Gasteiger partial charge in [0.1, 0.15) is 0 Å². The maximum Gasteiger partial charge on any atom is 0.257 e. The largest absolute Gasteiger partial charge is 0.326 e. The molecule has 1 unspecified atom stereocenters. The smallest absolute Gasteiger partial charge is 0.257 e. The molecule has 0 aliphatic carbocycles. The molecule has 1 amide bonds. The molecule has 1 N–H and O–H groups in total. The van der Waals surface area contributed by atoms with Crippen molar-refractivity contribution in [2.24, 2.45) is 0 Å². The minimum atomic E-state index is -0.164. The summed E-state index contributed by atoms with van der Waals surface area (Å²) in [5.74, 6) is 0.560. The van der Waals surface area contributed by atoms with Gasteiger partial charge in [0.15, 0.2) is 5.16 Å². The average Bonchev–Trinajstić information content (AvgIpc) is 2.92. The summed E-state index contributed by atoms with van der Waals surface area (Å²) in [6.45, 7) is 3.81. The molecule has 24 heavy (non-hydrogen) atoms. The average molecular weight is 364 g/mol. The Balaban J connectivity index is 1.78. The quantitative estimate of drug-likeness (QED) is 0.845. The Bertz CT molecular complexity index is 833. The Morgan fingerprint density at radius 2 is 2.12 bits per heavy atom. The second kappa shape index (κ2) is 6.99. The van der Waals surface area contributed by atoms with Gasteiger partial charge in [-0.2, -0.15) is 0 Å². The summed E-state index contributed by atoms with van der Waals surface area (Å²) in [5, 5.41) is 4.17. The van der Waals surface area contributed by atoms with Gasteiger partial charge in [0.2, 0.25) is 5.91 Å². The molecule has 7 heteroatoms. The van der Waals surface area contributed by atoms with Crippen molar-refractivity contribution in [2.75, 3.05) is 11.1 Å². The lowest BCUT2D eigenvalue weighted by Crippen LogP contribution is -2.30. The molecule has 0 bridgehead atoms. The zero-order valence-electron chi connectivity index (χ0n) is 13.5. The molecule has 1 aliphatic rings. The molecule has 5 nitrogen and oxygen atoms in total. The predicted molar refractivity (Wildman–Crippen MR) is 97.1 cm³/mol. The van der Waals surface area contributed by atoms with E-state index in [9.17, 15) is 9.59 Å². The summed E-state index contributed by atoms with van der Waals surface area (Å²) in [7, 11) is 0. The number of hydrogen-bond acceptors (Lipinski definition) is 4. The number of nitrogens with one attached hydrogen (secondary N) is 1. The lowest BCUT2D eigenvalue weighted by molar-refractivity contribution is -0.116. The lowest BCUT2D eigenvalue weighted by atomic mass is 10.1. The molecule has 2 aromatic rings. The van der Waals surface area contributed by atoms with Crippen molar-refractivity contribution in [3.8, 4) is 0 Å². The number of carbonyl (C=O) groups excluding carboxylic acids is 1. The van der Waals surface area contributed by atoms with E-state index >= 15 is 0 Å². The number of carbonyl (C=O) groups is 1. The highest BCUT2D eigenvalue weighted by Crippen LogP contribution is 2.32. The van der Waals surface area contributed by atoms with E-state index in [1.165, 1.54) is 11.8 Å². The number of amides is 1. The molecule has 1 aromatic carbocycles. The molecular formula is C17H18ClN3O2S. The second-order valence-electron chi connectivity index (χ2n) is 5.71. The summed E-state index contributed by atoms with van der Waals surface area (Å²) in [4.78, 5) is 29.5. The van der Waals surface area contributed by atoms with Crippen molar-refractivity contribution in [3.63, 3.8) is 0 Å². The number of fused-ring (bicyclic) bond motifs is 1. The SMILES string of the molecule is CCc1c(C)nc2n(c1=O)C(CC(=O)Nc1ccc(Cl)cc1)CS2. The van der Waals surface area contributed by atoms with E-state index in [-0.39, 0.29) is 23.9 Å². The highest BCUT2D eigenvalue weighted by Gasteiger charge is 2.28. The van der Waals surface area contributed by atoms with Crippen molar-refractivity contribution in [1.29, 1.82) is 0 Å². The van der Waals surface area contributed by atoms with Crippen LogP contribution in [-0.4, -0.2) is 21.2 Å². The molecule has 0 radical (unpaired) electrons. The molecule has 126 valence electrons. The van der Waals surface area contributed by atoms with Crippen molar-refractivity contribution in [2.45, 2.75) is 37.9 Å². The van der Waals surface area contributed by atoms with Gasteiger partial charge in [-0.3, -0.25) is 14.2 Å². The summed E-state index contributed by atoms with van der Waals surface area (Å²) < 4.78 is 1.68. The van der Waals surface area contributed by atoms with Gasteiger partial charge in [0.05, 0.1) is 6.04 Å².